The summed E-state index contributed by atoms with van der Waals surface area (Å²) in [5.74, 6) is -1.47. The summed E-state index contributed by atoms with van der Waals surface area (Å²) in [6.45, 7) is 0.186. The first kappa shape index (κ1) is 19.6. The second-order valence-corrected chi connectivity index (χ2v) is 7.30. The Bertz CT molecular complexity index is 1050. The van der Waals surface area contributed by atoms with Crippen LogP contribution in [0.2, 0.25) is 10.0 Å². The monoisotopic (exact) mass is 434 g/mol. The molecule has 0 aliphatic carbocycles. The van der Waals surface area contributed by atoms with E-state index in [-0.39, 0.29) is 6.61 Å². The smallest absolute Gasteiger partial charge is 0.357 e. The molecule has 2 unspecified atom stereocenters. The van der Waals surface area contributed by atoms with Crippen molar-refractivity contribution in [1.29, 1.82) is 0 Å². The van der Waals surface area contributed by atoms with Gasteiger partial charge in [-0.1, -0.05) is 47.5 Å². The minimum atomic E-state index is -1.40. The summed E-state index contributed by atoms with van der Waals surface area (Å²) < 4.78 is 5.91. The molecule has 7 nitrogen and oxygen atoms in total. The van der Waals surface area contributed by atoms with Gasteiger partial charge < -0.3 is 20.1 Å². The molecule has 0 bridgehead atoms. The highest BCUT2D eigenvalue weighted by Crippen LogP contribution is 2.40. The Labute approximate surface area is 176 Å². The summed E-state index contributed by atoms with van der Waals surface area (Å²) in [7, 11) is 0. The quantitative estimate of drug-likeness (QED) is 0.585. The van der Waals surface area contributed by atoms with Crippen LogP contribution in [0, 0.1) is 0 Å². The predicted molar refractivity (Wildman–Crippen MR) is 106 cm³/mol. The summed E-state index contributed by atoms with van der Waals surface area (Å²) in [5, 5.41) is 31.3. The number of hydrogen-bond acceptors (Lipinski definition) is 6. The van der Waals surface area contributed by atoms with Gasteiger partial charge in [0.2, 0.25) is 0 Å². The van der Waals surface area contributed by atoms with Gasteiger partial charge >= 0.3 is 5.97 Å². The molecule has 4 rings (SSSR count). The number of aliphatic carboxylic acids is 1. The fourth-order valence-corrected chi connectivity index (χ4v) is 3.79. The molecule has 0 saturated carbocycles. The maximum absolute atomic E-state index is 11.7. The Hall–Kier alpha value is -2.71. The van der Waals surface area contributed by atoms with Crippen molar-refractivity contribution in [2.24, 2.45) is 0 Å². The molecule has 0 fully saturated rings. The summed E-state index contributed by atoms with van der Waals surface area (Å²) >= 11 is 12.6. The van der Waals surface area contributed by atoms with Crippen LogP contribution in [0.25, 0.3) is 0 Å². The van der Waals surface area contributed by atoms with Gasteiger partial charge in [-0.25, -0.2) is 10.2 Å². The zero-order valence-electron chi connectivity index (χ0n) is 14.8. The Kier molecular flexibility index (Phi) is 5.14. The highest BCUT2D eigenvalue weighted by Gasteiger charge is 2.33. The molecule has 2 aliphatic rings. The number of carbonyl (C=O) groups is 1. The van der Waals surface area contributed by atoms with Crippen LogP contribution in [0.5, 0.6) is 5.75 Å². The van der Waals surface area contributed by atoms with E-state index in [1.807, 2.05) is 18.2 Å². The molecule has 0 amide bonds. The van der Waals surface area contributed by atoms with Crippen LogP contribution in [0.4, 0.5) is 0 Å². The van der Waals surface area contributed by atoms with Crippen molar-refractivity contribution in [3.05, 3.63) is 86.9 Å². The van der Waals surface area contributed by atoms with Crippen molar-refractivity contribution in [1.82, 2.24) is 10.4 Å². The number of ether oxygens (including phenoxy) is 1. The van der Waals surface area contributed by atoms with Crippen LogP contribution in [0.3, 0.4) is 0 Å². The molecule has 2 aliphatic heterocycles. The number of benzene rings is 2. The van der Waals surface area contributed by atoms with E-state index < -0.39 is 29.6 Å². The number of hydrazine groups is 1. The maximum Gasteiger partial charge on any atom is 0.357 e. The number of para-hydroxylation sites is 1. The molecule has 29 heavy (non-hydrogen) atoms. The highest BCUT2D eigenvalue weighted by molar-refractivity contribution is 6.42. The lowest BCUT2D eigenvalue weighted by Crippen LogP contribution is -2.42. The Morgan fingerprint density at radius 2 is 1.93 bits per heavy atom. The predicted octanol–water partition coefficient (Wildman–Crippen LogP) is 3.52. The van der Waals surface area contributed by atoms with Crippen LogP contribution in [-0.4, -0.2) is 32.4 Å². The third-order valence-corrected chi connectivity index (χ3v) is 5.64. The first-order valence-corrected chi connectivity index (χ1v) is 9.40. The van der Waals surface area contributed by atoms with Crippen LogP contribution >= 0.6 is 23.2 Å². The second-order valence-electron chi connectivity index (χ2n) is 6.51. The van der Waals surface area contributed by atoms with E-state index in [1.165, 1.54) is 12.3 Å². The molecule has 0 aromatic heterocycles. The zero-order chi connectivity index (χ0) is 20.7. The lowest BCUT2D eigenvalue weighted by atomic mass is 9.95. The Balaban J connectivity index is 1.84. The molecule has 2 aromatic carbocycles. The lowest BCUT2D eigenvalue weighted by molar-refractivity contribution is -0.135. The second kappa shape index (κ2) is 7.61. The van der Waals surface area contributed by atoms with Gasteiger partial charge in [-0.2, -0.15) is 0 Å². The minimum absolute atomic E-state index is 0.186. The van der Waals surface area contributed by atoms with Crippen LogP contribution in [-0.2, 0) is 11.4 Å². The molecule has 0 spiro atoms. The van der Waals surface area contributed by atoms with Crippen LogP contribution in [0.1, 0.15) is 22.7 Å². The number of aliphatic hydroxyl groups excluding tert-OH is 2. The zero-order valence-corrected chi connectivity index (χ0v) is 16.4. The molecular formula is C20H16Cl2N2O5. The number of aliphatic hydroxyl groups is 2. The number of carboxylic acids is 1. The fraction of sp³-hybridized carbons (Fsp3) is 0.150. The van der Waals surface area contributed by atoms with Crippen molar-refractivity contribution in [3.8, 4) is 5.75 Å². The largest absolute Gasteiger partial charge is 0.507 e. The maximum atomic E-state index is 11.7. The van der Waals surface area contributed by atoms with Crippen molar-refractivity contribution in [2.45, 2.75) is 18.8 Å². The van der Waals surface area contributed by atoms with Crippen molar-refractivity contribution < 1.29 is 24.9 Å². The topological polar surface area (TPSA) is 102 Å². The van der Waals surface area contributed by atoms with Crippen molar-refractivity contribution >= 4 is 29.2 Å². The van der Waals surface area contributed by atoms with Gasteiger partial charge in [0.15, 0.2) is 11.5 Å². The van der Waals surface area contributed by atoms with E-state index in [2.05, 4.69) is 5.43 Å². The van der Waals surface area contributed by atoms with E-state index in [4.69, 9.17) is 27.9 Å². The van der Waals surface area contributed by atoms with Crippen molar-refractivity contribution in [3.63, 3.8) is 0 Å². The summed E-state index contributed by atoms with van der Waals surface area (Å²) in [5.41, 5.74) is 4.77. The van der Waals surface area contributed by atoms with E-state index in [0.717, 1.165) is 16.1 Å². The molecule has 2 atom stereocenters. The molecule has 4 N–H and O–H groups in total. The minimum Gasteiger partial charge on any atom is -0.507 e. The number of nitrogens with zero attached hydrogens (tertiary/aromatic N) is 1. The summed E-state index contributed by atoms with van der Waals surface area (Å²) in [6.07, 6.45) is 1.22. The Morgan fingerprint density at radius 3 is 2.69 bits per heavy atom. The number of nitrogens with one attached hydrogen (secondary N) is 1. The first-order valence-electron chi connectivity index (χ1n) is 8.65. The standard InChI is InChI=1S/C20H16Cl2N2O5/c21-13-6-5-10-12(16(13)22)9-29-15-4-2-1-3-11(15)17(10)23-24-8-7-14(25)19(26)18(24)20(27)28/h1-8,14,17,23,25-26H,9H2,(H,27,28). The molecule has 2 aromatic rings. The average molecular weight is 435 g/mol. The molecular weight excluding hydrogens is 419 g/mol. The van der Waals surface area contributed by atoms with Gasteiger partial charge in [0.05, 0.1) is 16.1 Å². The van der Waals surface area contributed by atoms with Crippen LogP contribution < -0.4 is 10.2 Å². The number of halogens is 2. The van der Waals surface area contributed by atoms with E-state index >= 15 is 0 Å². The van der Waals surface area contributed by atoms with E-state index in [1.54, 1.807) is 18.2 Å². The number of rotatable bonds is 3. The van der Waals surface area contributed by atoms with Gasteiger partial charge in [0, 0.05) is 17.3 Å². The fourth-order valence-electron chi connectivity index (χ4n) is 3.39. The van der Waals surface area contributed by atoms with E-state index in [0.29, 0.717) is 21.4 Å². The molecule has 2 heterocycles. The van der Waals surface area contributed by atoms with Crippen molar-refractivity contribution in [2.75, 3.05) is 0 Å². The third-order valence-electron chi connectivity index (χ3n) is 4.80. The average Bonchev–Trinajstić information content (AvgIpc) is 2.85. The number of hydrogen-bond donors (Lipinski definition) is 4. The van der Waals surface area contributed by atoms with Gasteiger partial charge in [0.1, 0.15) is 18.5 Å². The number of carboxylic acid groups (broad SMARTS) is 1. The van der Waals surface area contributed by atoms with Gasteiger partial charge in [-0.05, 0) is 23.8 Å². The first-order chi connectivity index (χ1) is 13.9. The van der Waals surface area contributed by atoms with Gasteiger partial charge in [0.25, 0.3) is 0 Å². The molecule has 150 valence electrons. The summed E-state index contributed by atoms with van der Waals surface area (Å²) in [4.78, 5) is 11.7. The highest BCUT2D eigenvalue weighted by atomic mass is 35.5. The SMILES string of the molecule is O=C(O)C1=C(O)C(O)C=CN1NC1c2ccccc2OCc2c1ccc(Cl)c2Cl. The van der Waals surface area contributed by atoms with Crippen LogP contribution in [0.15, 0.2) is 60.1 Å². The molecule has 0 radical (unpaired) electrons. The van der Waals surface area contributed by atoms with E-state index in [9.17, 15) is 20.1 Å². The normalized spacial score (nSPS) is 20.6. The molecule has 0 saturated heterocycles. The lowest BCUT2D eigenvalue weighted by Gasteiger charge is -2.32. The summed E-state index contributed by atoms with van der Waals surface area (Å²) in [6, 6.07) is 10.2. The molecule has 9 heteroatoms. The van der Waals surface area contributed by atoms with Gasteiger partial charge in [-0.15, -0.1) is 0 Å². The number of fused-ring (bicyclic) bond motifs is 2. The third kappa shape index (κ3) is 3.42. The Morgan fingerprint density at radius 1 is 1.17 bits per heavy atom. The van der Waals surface area contributed by atoms with Gasteiger partial charge in [-0.3, -0.25) is 5.01 Å².